The number of ether oxygens (including phenoxy) is 2. The van der Waals surface area contributed by atoms with Crippen LogP contribution >= 0.6 is 0 Å². The highest BCUT2D eigenvalue weighted by molar-refractivity contribution is 5.96. The molecule has 0 unspecified atom stereocenters. The van der Waals surface area contributed by atoms with Gasteiger partial charge in [-0.05, 0) is 29.8 Å². The number of esters is 1. The summed E-state index contributed by atoms with van der Waals surface area (Å²) in [6.45, 7) is 3.39. The van der Waals surface area contributed by atoms with E-state index in [2.05, 4.69) is 11.9 Å². The second-order valence-corrected chi connectivity index (χ2v) is 5.43. The van der Waals surface area contributed by atoms with Gasteiger partial charge >= 0.3 is 5.97 Å². The van der Waals surface area contributed by atoms with Gasteiger partial charge in [0.2, 0.25) is 0 Å². The molecule has 0 saturated heterocycles. The number of carbonyl (C=O) groups excluding carboxylic acids is 2. The van der Waals surface area contributed by atoms with E-state index >= 15 is 0 Å². The van der Waals surface area contributed by atoms with E-state index in [9.17, 15) is 19.7 Å². The fraction of sp³-hybridized carbons (Fsp3) is 0.100. The molecule has 2 aromatic carbocycles. The van der Waals surface area contributed by atoms with Crippen molar-refractivity contribution in [3.05, 3.63) is 82.9 Å². The highest BCUT2D eigenvalue weighted by Crippen LogP contribution is 2.22. The summed E-state index contributed by atoms with van der Waals surface area (Å²) >= 11 is 0. The second kappa shape index (κ2) is 10.3. The predicted octanol–water partition coefficient (Wildman–Crippen LogP) is 3.35. The number of nitro groups is 1. The molecule has 2 aromatic rings. The van der Waals surface area contributed by atoms with Gasteiger partial charge in [0, 0.05) is 12.1 Å². The summed E-state index contributed by atoms with van der Waals surface area (Å²) in [5.41, 5.74) is 0.526. The molecule has 1 amide bonds. The molecule has 2 rings (SSSR count). The van der Waals surface area contributed by atoms with Crippen LogP contribution in [-0.2, 0) is 14.3 Å². The minimum Gasteiger partial charge on any atom is -0.490 e. The lowest BCUT2D eigenvalue weighted by Gasteiger charge is -2.06. The van der Waals surface area contributed by atoms with Crippen molar-refractivity contribution in [1.29, 1.82) is 0 Å². The van der Waals surface area contributed by atoms with Crippen LogP contribution in [0.2, 0.25) is 0 Å². The Morgan fingerprint density at radius 2 is 1.86 bits per heavy atom. The van der Waals surface area contributed by atoms with Gasteiger partial charge in [0.1, 0.15) is 18.0 Å². The first kappa shape index (κ1) is 20.4. The van der Waals surface area contributed by atoms with Crippen LogP contribution in [0.1, 0.15) is 5.56 Å². The lowest BCUT2D eigenvalue weighted by atomic mass is 10.2. The number of anilines is 1. The van der Waals surface area contributed by atoms with Gasteiger partial charge in [-0.1, -0.05) is 36.9 Å². The molecule has 0 atom stereocenters. The van der Waals surface area contributed by atoms with Crippen LogP contribution in [0.15, 0.2) is 67.3 Å². The fourth-order valence-corrected chi connectivity index (χ4v) is 2.10. The van der Waals surface area contributed by atoms with Gasteiger partial charge in [0.15, 0.2) is 6.61 Å². The van der Waals surface area contributed by atoms with Crippen molar-refractivity contribution in [2.45, 2.75) is 0 Å². The Kier molecular flexibility index (Phi) is 7.47. The molecule has 1 N–H and O–H groups in total. The van der Waals surface area contributed by atoms with E-state index in [1.165, 1.54) is 30.4 Å². The van der Waals surface area contributed by atoms with Crippen molar-refractivity contribution in [3.63, 3.8) is 0 Å². The lowest BCUT2D eigenvalue weighted by Crippen LogP contribution is -2.20. The molecular formula is C20H18N2O6. The first-order valence-corrected chi connectivity index (χ1v) is 8.21. The highest BCUT2D eigenvalue weighted by atomic mass is 16.6. The van der Waals surface area contributed by atoms with Gasteiger partial charge in [-0.15, -0.1) is 0 Å². The van der Waals surface area contributed by atoms with Crippen LogP contribution in [0.5, 0.6) is 5.75 Å². The maximum Gasteiger partial charge on any atom is 0.331 e. The number of benzene rings is 2. The summed E-state index contributed by atoms with van der Waals surface area (Å²) in [4.78, 5) is 33.9. The van der Waals surface area contributed by atoms with Gasteiger partial charge in [-0.2, -0.15) is 0 Å². The van der Waals surface area contributed by atoms with E-state index < -0.39 is 23.4 Å². The van der Waals surface area contributed by atoms with E-state index in [0.717, 1.165) is 5.56 Å². The van der Waals surface area contributed by atoms with Crippen LogP contribution in [0.25, 0.3) is 6.08 Å². The second-order valence-electron chi connectivity index (χ2n) is 5.43. The Hall–Kier alpha value is -3.94. The number of rotatable bonds is 9. The molecule has 144 valence electrons. The smallest absolute Gasteiger partial charge is 0.331 e. The van der Waals surface area contributed by atoms with E-state index in [0.29, 0.717) is 12.4 Å². The van der Waals surface area contributed by atoms with Gasteiger partial charge in [0.25, 0.3) is 11.6 Å². The van der Waals surface area contributed by atoms with E-state index in [1.54, 1.807) is 36.4 Å². The molecule has 0 aliphatic rings. The zero-order valence-electron chi connectivity index (χ0n) is 14.9. The molecule has 0 saturated carbocycles. The van der Waals surface area contributed by atoms with Crippen molar-refractivity contribution in [2.75, 3.05) is 18.5 Å². The Bertz CT molecular complexity index is 890. The van der Waals surface area contributed by atoms with Gasteiger partial charge in [0.05, 0.1) is 4.92 Å². The summed E-state index contributed by atoms with van der Waals surface area (Å²) in [5, 5.41) is 13.3. The lowest BCUT2D eigenvalue weighted by molar-refractivity contribution is -0.383. The van der Waals surface area contributed by atoms with Gasteiger partial charge in [-0.3, -0.25) is 14.9 Å². The largest absolute Gasteiger partial charge is 0.490 e. The summed E-state index contributed by atoms with van der Waals surface area (Å²) in [6, 6.07) is 12.7. The summed E-state index contributed by atoms with van der Waals surface area (Å²) in [5.74, 6) is -0.726. The maximum atomic E-state index is 11.8. The third kappa shape index (κ3) is 6.41. The Balaban J connectivity index is 1.83. The molecule has 28 heavy (non-hydrogen) atoms. The predicted molar refractivity (Wildman–Crippen MR) is 104 cm³/mol. The molecule has 0 heterocycles. The van der Waals surface area contributed by atoms with Crippen LogP contribution in [-0.4, -0.2) is 30.0 Å². The van der Waals surface area contributed by atoms with Gasteiger partial charge < -0.3 is 14.8 Å². The van der Waals surface area contributed by atoms with Crippen LogP contribution in [0.4, 0.5) is 11.4 Å². The van der Waals surface area contributed by atoms with Crippen molar-refractivity contribution < 1.29 is 24.0 Å². The fourth-order valence-electron chi connectivity index (χ4n) is 2.10. The first-order valence-electron chi connectivity index (χ1n) is 8.21. The van der Waals surface area contributed by atoms with E-state index in [1.807, 2.05) is 0 Å². The van der Waals surface area contributed by atoms with Crippen molar-refractivity contribution in [1.82, 2.24) is 0 Å². The van der Waals surface area contributed by atoms with Gasteiger partial charge in [-0.25, -0.2) is 4.79 Å². The molecule has 8 nitrogen and oxygen atoms in total. The number of nitrogens with zero attached hydrogens (tertiary/aromatic N) is 1. The zero-order chi connectivity index (χ0) is 20.4. The van der Waals surface area contributed by atoms with Crippen molar-refractivity contribution in [3.8, 4) is 5.75 Å². The average molecular weight is 382 g/mol. The maximum absolute atomic E-state index is 11.8. The molecule has 0 aliphatic carbocycles. The van der Waals surface area contributed by atoms with Crippen molar-refractivity contribution >= 4 is 29.3 Å². The SMILES string of the molecule is C=CCOc1ccc(/C=C/C(=O)OCC(=O)Nc2ccccc2[N+](=O)[O-])cc1. The summed E-state index contributed by atoms with van der Waals surface area (Å²) < 4.78 is 10.2. The Morgan fingerprint density at radius 3 is 2.54 bits per heavy atom. The number of hydrogen-bond acceptors (Lipinski definition) is 6. The number of nitro benzene ring substituents is 1. The molecule has 0 aromatic heterocycles. The Morgan fingerprint density at radius 1 is 1.14 bits per heavy atom. The normalized spacial score (nSPS) is 10.3. The molecule has 0 fully saturated rings. The molecule has 0 spiro atoms. The quantitative estimate of drug-likeness (QED) is 0.234. The number of para-hydroxylation sites is 2. The standard InChI is InChI=1S/C20H18N2O6/c1-2-13-27-16-10-7-15(8-11-16)9-12-20(24)28-14-19(23)21-17-5-3-4-6-18(17)22(25)26/h2-12H,1,13-14H2,(H,21,23)/b12-9+. The third-order valence-corrected chi connectivity index (χ3v) is 3.38. The number of carbonyl (C=O) groups is 2. The molecule has 8 heteroatoms. The number of nitrogens with one attached hydrogen (secondary N) is 1. The van der Waals surface area contributed by atoms with Crippen LogP contribution < -0.4 is 10.1 Å². The summed E-state index contributed by atoms with van der Waals surface area (Å²) in [6.07, 6.45) is 4.34. The zero-order valence-corrected chi connectivity index (χ0v) is 14.9. The monoisotopic (exact) mass is 382 g/mol. The highest BCUT2D eigenvalue weighted by Gasteiger charge is 2.15. The van der Waals surface area contributed by atoms with Crippen LogP contribution in [0.3, 0.4) is 0 Å². The number of hydrogen-bond donors (Lipinski definition) is 1. The summed E-state index contributed by atoms with van der Waals surface area (Å²) in [7, 11) is 0. The number of amides is 1. The third-order valence-electron chi connectivity index (χ3n) is 3.38. The first-order chi connectivity index (χ1) is 13.5. The molecular weight excluding hydrogens is 364 g/mol. The van der Waals surface area contributed by atoms with E-state index in [4.69, 9.17) is 9.47 Å². The minimum atomic E-state index is -0.718. The molecule has 0 radical (unpaired) electrons. The molecule has 0 bridgehead atoms. The minimum absolute atomic E-state index is 0.0304. The topological polar surface area (TPSA) is 108 Å². The molecule has 0 aliphatic heterocycles. The van der Waals surface area contributed by atoms with Crippen molar-refractivity contribution in [2.24, 2.45) is 0 Å². The Labute approximate surface area is 161 Å². The average Bonchev–Trinajstić information content (AvgIpc) is 2.70. The van der Waals surface area contributed by atoms with Crippen LogP contribution in [0, 0.1) is 10.1 Å². The van der Waals surface area contributed by atoms with E-state index in [-0.39, 0.29) is 11.4 Å².